The minimum atomic E-state index is -2.32. The Morgan fingerprint density at radius 2 is 2.15 bits per heavy atom. The van der Waals surface area contributed by atoms with Crippen molar-refractivity contribution < 1.29 is 13.2 Å². The van der Waals surface area contributed by atoms with Gasteiger partial charge in [0, 0.05) is 30.2 Å². The first-order valence-electron chi connectivity index (χ1n) is 9.02. The highest BCUT2D eigenvalue weighted by molar-refractivity contribution is 6.00. The average Bonchev–Trinajstić information content (AvgIpc) is 2.63. The second kappa shape index (κ2) is 10.0. The van der Waals surface area contributed by atoms with E-state index in [2.05, 4.69) is 21.7 Å². The van der Waals surface area contributed by atoms with E-state index in [1.54, 1.807) is 24.3 Å². The second-order valence-corrected chi connectivity index (χ2v) is 6.48. The molecule has 1 aliphatic rings. The summed E-state index contributed by atoms with van der Waals surface area (Å²) in [5.74, 6) is -0.387. The van der Waals surface area contributed by atoms with Crippen LogP contribution in [-0.4, -0.2) is 27.8 Å². The summed E-state index contributed by atoms with van der Waals surface area (Å²) in [6, 6.07) is 1.43. The molecule has 0 aromatic carbocycles. The predicted molar refractivity (Wildman–Crippen MR) is 102 cm³/mol. The lowest BCUT2D eigenvalue weighted by atomic mass is 10.0. The molecule has 0 aliphatic carbocycles. The van der Waals surface area contributed by atoms with Crippen molar-refractivity contribution in [1.82, 2.24) is 9.99 Å². The van der Waals surface area contributed by atoms with Crippen LogP contribution in [0.5, 0.6) is 0 Å². The quantitative estimate of drug-likeness (QED) is 0.562. The molecule has 27 heavy (non-hydrogen) atoms. The van der Waals surface area contributed by atoms with E-state index in [9.17, 15) is 13.2 Å². The van der Waals surface area contributed by atoms with Gasteiger partial charge >= 0.3 is 0 Å². The van der Waals surface area contributed by atoms with Crippen molar-refractivity contribution in [1.29, 1.82) is 0 Å². The fourth-order valence-electron chi connectivity index (χ4n) is 2.69. The van der Waals surface area contributed by atoms with Crippen LogP contribution in [0.1, 0.15) is 51.5 Å². The van der Waals surface area contributed by atoms with Gasteiger partial charge in [0.25, 0.3) is 0 Å². The lowest BCUT2D eigenvalue weighted by Crippen LogP contribution is -2.24. The second-order valence-electron chi connectivity index (χ2n) is 6.48. The normalized spacial score (nSPS) is 16.1. The van der Waals surface area contributed by atoms with Crippen LogP contribution in [0, 0.1) is 5.82 Å². The van der Waals surface area contributed by atoms with Crippen molar-refractivity contribution in [3.8, 4) is 0 Å². The lowest BCUT2D eigenvalue weighted by Gasteiger charge is -2.28. The van der Waals surface area contributed by atoms with Crippen molar-refractivity contribution in [3.63, 3.8) is 0 Å². The number of aromatic nitrogens is 1. The summed E-state index contributed by atoms with van der Waals surface area (Å²) in [7, 11) is 0. The van der Waals surface area contributed by atoms with Crippen LogP contribution in [0.25, 0.3) is 0 Å². The molecule has 0 radical (unpaired) electrons. The van der Waals surface area contributed by atoms with Crippen molar-refractivity contribution >= 4 is 11.4 Å². The van der Waals surface area contributed by atoms with Crippen molar-refractivity contribution in [3.05, 3.63) is 53.9 Å². The van der Waals surface area contributed by atoms with Gasteiger partial charge in [0.2, 0.25) is 6.43 Å². The van der Waals surface area contributed by atoms with E-state index in [0.717, 1.165) is 42.4 Å². The van der Waals surface area contributed by atoms with Crippen LogP contribution >= 0.6 is 0 Å². The zero-order valence-corrected chi connectivity index (χ0v) is 15.8. The van der Waals surface area contributed by atoms with Gasteiger partial charge < -0.3 is 0 Å². The van der Waals surface area contributed by atoms with Crippen LogP contribution in [-0.2, 0) is 6.54 Å². The molecular formula is C20H25F3N4. The number of hydrogen-bond acceptors (Lipinski definition) is 4. The Balaban J connectivity index is 2.15. The van der Waals surface area contributed by atoms with Crippen LogP contribution in [0.4, 0.5) is 13.2 Å². The lowest BCUT2D eigenvalue weighted by molar-refractivity contribution is 0.140. The van der Waals surface area contributed by atoms with Gasteiger partial charge in [-0.05, 0) is 49.8 Å². The predicted octanol–water partition coefficient (Wildman–Crippen LogP) is 5.49. The summed E-state index contributed by atoms with van der Waals surface area (Å²) in [5, 5.41) is 6.41. The maximum Gasteiger partial charge on any atom is 0.239 e. The Bertz CT molecular complexity index is 753. The molecule has 1 aliphatic heterocycles. The summed E-state index contributed by atoms with van der Waals surface area (Å²) >= 11 is 0. The van der Waals surface area contributed by atoms with Crippen molar-refractivity contribution in [2.24, 2.45) is 10.1 Å². The molecule has 0 spiro atoms. The monoisotopic (exact) mass is 378 g/mol. The average molecular weight is 378 g/mol. The van der Waals surface area contributed by atoms with Gasteiger partial charge in [0.05, 0.1) is 18.5 Å². The van der Waals surface area contributed by atoms with Gasteiger partial charge in [0.1, 0.15) is 5.82 Å². The van der Waals surface area contributed by atoms with E-state index in [1.165, 1.54) is 6.07 Å². The van der Waals surface area contributed by atoms with Gasteiger partial charge in [-0.15, -0.1) is 0 Å². The van der Waals surface area contributed by atoms with Gasteiger partial charge in [0.15, 0.2) is 0 Å². The number of halogens is 3. The number of hydrazone groups is 1. The molecule has 146 valence electrons. The van der Waals surface area contributed by atoms with E-state index in [-0.39, 0.29) is 18.7 Å². The highest BCUT2D eigenvalue weighted by Gasteiger charge is 2.18. The van der Waals surface area contributed by atoms with Crippen molar-refractivity contribution in [2.75, 3.05) is 0 Å². The van der Waals surface area contributed by atoms with Crippen LogP contribution in [0.3, 0.4) is 0 Å². The van der Waals surface area contributed by atoms with Gasteiger partial charge in [-0.1, -0.05) is 13.5 Å². The molecule has 0 fully saturated rings. The highest BCUT2D eigenvalue weighted by atomic mass is 19.3. The number of hydrogen-bond donors (Lipinski definition) is 0. The molecule has 1 aromatic heterocycles. The first kappa shape index (κ1) is 20.9. The molecule has 7 heteroatoms. The minimum Gasteiger partial charge on any atom is -0.266 e. The molecule has 1 aromatic rings. The van der Waals surface area contributed by atoms with Crippen LogP contribution < -0.4 is 0 Å². The third kappa shape index (κ3) is 6.66. The third-order valence-electron chi connectivity index (χ3n) is 4.27. The number of allylic oxidation sites excluding steroid dienone is 2. The van der Waals surface area contributed by atoms with E-state index in [1.807, 2.05) is 6.92 Å². The molecule has 0 bridgehead atoms. The summed E-state index contributed by atoms with van der Waals surface area (Å²) in [6.07, 6.45) is 4.47. The first-order chi connectivity index (χ1) is 12.9. The SMILES string of the molecule is C=C1CCC(/C(=C/N=C(C)CCC(F)F)CC)=NN1Cc1cncc(F)c1. The Hall–Kier alpha value is -2.44. The smallest absolute Gasteiger partial charge is 0.239 e. The molecule has 0 saturated carbocycles. The molecule has 2 heterocycles. The minimum absolute atomic E-state index is 0.180. The van der Waals surface area contributed by atoms with Crippen LogP contribution in [0.15, 0.2) is 52.6 Å². The third-order valence-corrected chi connectivity index (χ3v) is 4.27. The standard InChI is InChI=1S/C20H25F3N4/c1-4-17(11-25-14(2)5-8-20(22)23)19-7-6-15(3)27(26-19)13-16-9-18(21)12-24-10-16/h9-12,20H,3-8,13H2,1-2H3/b17-11+,25-14?. The molecule has 0 N–H and O–H groups in total. The van der Waals surface area contributed by atoms with Gasteiger partial charge in [-0.2, -0.15) is 5.10 Å². The van der Waals surface area contributed by atoms with Gasteiger partial charge in [-0.25, -0.2) is 13.2 Å². The van der Waals surface area contributed by atoms with Crippen molar-refractivity contribution in [2.45, 2.75) is 58.9 Å². The fraction of sp³-hybridized carbons (Fsp3) is 0.450. The number of nitrogens with zero attached hydrogens (tertiary/aromatic N) is 4. The Labute approximate surface area is 158 Å². The topological polar surface area (TPSA) is 40.9 Å². The van der Waals surface area contributed by atoms with E-state index in [4.69, 9.17) is 0 Å². The Morgan fingerprint density at radius 3 is 2.81 bits per heavy atom. The summed E-state index contributed by atoms with van der Waals surface area (Å²) in [4.78, 5) is 8.18. The number of aliphatic imine (C=N–C) groups is 1. The largest absolute Gasteiger partial charge is 0.266 e. The maximum absolute atomic E-state index is 13.4. The number of pyridine rings is 1. The maximum atomic E-state index is 13.4. The van der Waals surface area contributed by atoms with Crippen LogP contribution in [0.2, 0.25) is 0 Å². The molecule has 0 saturated heterocycles. The summed E-state index contributed by atoms with van der Waals surface area (Å²) in [6.45, 7) is 8.18. The van der Waals surface area contributed by atoms with E-state index < -0.39 is 6.43 Å². The van der Waals surface area contributed by atoms with Gasteiger partial charge in [-0.3, -0.25) is 15.0 Å². The molecule has 0 atom stereocenters. The van der Waals surface area contributed by atoms with E-state index in [0.29, 0.717) is 17.8 Å². The first-order valence-corrected chi connectivity index (χ1v) is 9.02. The molecule has 2 rings (SSSR count). The van der Waals surface area contributed by atoms with E-state index >= 15 is 0 Å². The Kier molecular flexibility index (Phi) is 7.76. The zero-order chi connectivity index (χ0) is 19.8. The fourth-order valence-corrected chi connectivity index (χ4v) is 2.69. The summed E-state index contributed by atoms with van der Waals surface area (Å²) in [5.41, 5.74) is 4.09. The highest BCUT2D eigenvalue weighted by Crippen LogP contribution is 2.24. The number of alkyl halides is 2. The molecular weight excluding hydrogens is 353 g/mol. The number of rotatable bonds is 8. The Morgan fingerprint density at radius 1 is 1.37 bits per heavy atom. The molecule has 4 nitrogen and oxygen atoms in total. The zero-order valence-electron chi connectivity index (χ0n) is 15.8. The summed E-state index contributed by atoms with van der Waals surface area (Å²) < 4.78 is 38.0. The molecule has 0 unspecified atom stereocenters. The molecule has 0 amide bonds.